The number of ether oxygens (including phenoxy) is 1. The molecule has 1 aromatic heterocycles. The van der Waals surface area contributed by atoms with E-state index in [1.807, 2.05) is 13.0 Å². The molecule has 4 nitrogen and oxygen atoms in total. The standard InChI is InChI=1S/C16H22O4/c1-10-12(17)4-6-15(2)14(11-5-7-19-9-11)20-13(18)8-16(10,15)3/h5,7,9-10,12,14,17H,4,6,8H2,1-3H3. The summed E-state index contributed by atoms with van der Waals surface area (Å²) < 4.78 is 10.8. The van der Waals surface area contributed by atoms with Crippen LogP contribution in [0.1, 0.15) is 51.7 Å². The monoisotopic (exact) mass is 278 g/mol. The summed E-state index contributed by atoms with van der Waals surface area (Å²) in [5.74, 6) is -0.111. The molecule has 1 N–H and O–H groups in total. The minimum Gasteiger partial charge on any atom is -0.472 e. The second-order valence-corrected chi connectivity index (χ2v) is 6.83. The maximum atomic E-state index is 12.1. The molecule has 4 heteroatoms. The van der Waals surface area contributed by atoms with Gasteiger partial charge in [0.25, 0.3) is 0 Å². The van der Waals surface area contributed by atoms with E-state index in [4.69, 9.17) is 9.15 Å². The Morgan fingerprint density at radius 1 is 1.35 bits per heavy atom. The summed E-state index contributed by atoms with van der Waals surface area (Å²) in [6, 6.07) is 1.87. The third-order valence-corrected chi connectivity index (χ3v) is 6.03. The van der Waals surface area contributed by atoms with Gasteiger partial charge in [0.05, 0.1) is 25.1 Å². The Bertz CT molecular complexity index is 509. The number of hydrogen-bond acceptors (Lipinski definition) is 4. The third-order valence-electron chi connectivity index (χ3n) is 6.03. The first-order valence-corrected chi connectivity index (χ1v) is 7.28. The fraction of sp³-hybridized carbons (Fsp3) is 0.688. The molecule has 2 heterocycles. The quantitative estimate of drug-likeness (QED) is 0.802. The van der Waals surface area contributed by atoms with Gasteiger partial charge in [-0.15, -0.1) is 0 Å². The highest BCUT2D eigenvalue weighted by molar-refractivity contribution is 5.72. The van der Waals surface area contributed by atoms with Crippen LogP contribution >= 0.6 is 0 Å². The molecule has 1 aliphatic heterocycles. The van der Waals surface area contributed by atoms with Gasteiger partial charge in [-0.2, -0.15) is 0 Å². The van der Waals surface area contributed by atoms with Crippen LogP contribution in [0.25, 0.3) is 0 Å². The maximum Gasteiger partial charge on any atom is 0.307 e. The molecule has 20 heavy (non-hydrogen) atoms. The maximum absolute atomic E-state index is 12.1. The number of aliphatic hydroxyl groups excluding tert-OH is 1. The lowest BCUT2D eigenvalue weighted by atomic mass is 9.48. The van der Waals surface area contributed by atoms with Crippen LogP contribution in [-0.2, 0) is 9.53 Å². The van der Waals surface area contributed by atoms with Crippen molar-refractivity contribution in [2.75, 3.05) is 0 Å². The van der Waals surface area contributed by atoms with Crippen molar-refractivity contribution in [3.8, 4) is 0 Å². The fourth-order valence-corrected chi connectivity index (χ4v) is 4.18. The van der Waals surface area contributed by atoms with E-state index in [0.29, 0.717) is 6.42 Å². The number of rotatable bonds is 1. The van der Waals surface area contributed by atoms with Crippen molar-refractivity contribution >= 4 is 5.97 Å². The molecule has 110 valence electrons. The molecule has 0 spiro atoms. The molecular formula is C16H22O4. The van der Waals surface area contributed by atoms with Gasteiger partial charge < -0.3 is 14.3 Å². The van der Waals surface area contributed by atoms with E-state index in [1.165, 1.54) is 0 Å². The van der Waals surface area contributed by atoms with Crippen molar-refractivity contribution in [1.82, 2.24) is 0 Å². The van der Waals surface area contributed by atoms with Crippen molar-refractivity contribution in [3.05, 3.63) is 24.2 Å². The van der Waals surface area contributed by atoms with Gasteiger partial charge in [0, 0.05) is 11.0 Å². The van der Waals surface area contributed by atoms with E-state index in [9.17, 15) is 9.90 Å². The lowest BCUT2D eigenvalue weighted by Gasteiger charge is -2.59. The average Bonchev–Trinajstić information content (AvgIpc) is 2.91. The van der Waals surface area contributed by atoms with Crippen molar-refractivity contribution in [2.24, 2.45) is 16.7 Å². The van der Waals surface area contributed by atoms with E-state index < -0.39 is 0 Å². The van der Waals surface area contributed by atoms with Crippen LogP contribution in [0.3, 0.4) is 0 Å². The molecule has 0 radical (unpaired) electrons. The number of carbonyl (C=O) groups is 1. The first-order chi connectivity index (χ1) is 9.38. The Labute approximate surface area is 119 Å². The SMILES string of the molecule is CC1C(O)CCC2(C)C(c3ccoc3)OC(=O)CC12C. The summed E-state index contributed by atoms with van der Waals surface area (Å²) in [5, 5.41) is 10.2. The molecular weight excluding hydrogens is 256 g/mol. The van der Waals surface area contributed by atoms with Crippen LogP contribution < -0.4 is 0 Å². The topological polar surface area (TPSA) is 59.7 Å². The Balaban J connectivity index is 2.07. The number of fused-ring (bicyclic) bond motifs is 1. The highest BCUT2D eigenvalue weighted by atomic mass is 16.5. The zero-order valence-corrected chi connectivity index (χ0v) is 12.3. The van der Waals surface area contributed by atoms with Crippen molar-refractivity contribution < 1.29 is 19.1 Å². The molecule has 0 amide bonds. The van der Waals surface area contributed by atoms with Crippen molar-refractivity contribution in [3.63, 3.8) is 0 Å². The van der Waals surface area contributed by atoms with Gasteiger partial charge in [0.1, 0.15) is 6.10 Å². The van der Waals surface area contributed by atoms with Gasteiger partial charge >= 0.3 is 5.97 Å². The van der Waals surface area contributed by atoms with Gasteiger partial charge in [-0.25, -0.2) is 0 Å². The van der Waals surface area contributed by atoms with Gasteiger partial charge in [0.2, 0.25) is 0 Å². The molecule has 1 saturated heterocycles. The minimum atomic E-state index is -0.344. The fourth-order valence-electron chi connectivity index (χ4n) is 4.18. The summed E-state index contributed by atoms with van der Waals surface area (Å²) in [5.41, 5.74) is 0.473. The van der Waals surface area contributed by atoms with Crippen LogP contribution in [0.5, 0.6) is 0 Å². The lowest BCUT2D eigenvalue weighted by Crippen LogP contribution is -2.57. The Morgan fingerprint density at radius 3 is 2.75 bits per heavy atom. The number of aliphatic hydroxyl groups is 1. The van der Waals surface area contributed by atoms with E-state index in [-0.39, 0.29) is 34.9 Å². The molecule has 1 aromatic rings. The predicted molar refractivity (Wildman–Crippen MR) is 72.8 cm³/mol. The van der Waals surface area contributed by atoms with Crippen LogP contribution in [-0.4, -0.2) is 17.2 Å². The summed E-state index contributed by atoms with van der Waals surface area (Å²) in [6.45, 7) is 6.35. The van der Waals surface area contributed by atoms with Crippen molar-refractivity contribution in [2.45, 2.75) is 52.2 Å². The van der Waals surface area contributed by atoms with E-state index in [1.54, 1.807) is 12.5 Å². The van der Waals surface area contributed by atoms with Crippen LogP contribution in [0.4, 0.5) is 0 Å². The first kappa shape index (κ1) is 13.7. The smallest absolute Gasteiger partial charge is 0.307 e. The Hall–Kier alpha value is -1.29. The third kappa shape index (κ3) is 1.67. The average molecular weight is 278 g/mol. The molecule has 1 aliphatic carbocycles. The van der Waals surface area contributed by atoms with Gasteiger partial charge in [-0.1, -0.05) is 20.8 Å². The zero-order valence-electron chi connectivity index (χ0n) is 12.3. The van der Waals surface area contributed by atoms with Gasteiger partial charge in [-0.05, 0) is 30.2 Å². The zero-order chi connectivity index (χ0) is 14.5. The lowest BCUT2D eigenvalue weighted by molar-refractivity contribution is -0.217. The number of hydrogen-bond donors (Lipinski definition) is 1. The molecule has 3 rings (SSSR count). The molecule has 2 aliphatic rings. The summed E-state index contributed by atoms with van der Waals surface area (Å²) in [6.07, 6.45) is 4.60. The van der Waals surface area contributed by atoms with Gasteiger partial charge in [-0.3, -0.25) is 4.79 Å². The highest BCUT2D eigenvalue weighted by Gasteiger charge is 2.61. The van der Waals surface area contributed by atoms with E-state index in [2.05, 4.69) is 13.8 Å². The van der Waals surface area contributed by atoms with Crippen LogP contribution in [0, 0.1) is 16.7 Å². The van der Waals surface area contributed by atoms with E-state index in [0.717, 1.165) is 18.4 Å². The summed E-state index contributed by atoms with van der Waals surface area (Å²) >= 11 is 0. The molecule has 5 atom stereocenters. The van der Waals surface area contributed by atoms with Crippen LogP contribution in [0.15, 0.2) is 23.0 Å². The second kappa shape index (κ2) is 4.35. The van der Waals surface area contributed by atoms with Crippen LogP contribution in [0.2, 0.25) is 0 Å². The summed E-state index contributed by atoms with van der Waals surface area (Å²) in [7, 11) is 0. The minimum absolute atomic E-state index is 0.0727. The second-order valence-electron chi connectivity index (χ2n) is 6.83. The number of carbonyl (C=O) groups excluding carboxylic acids is 1. The molecule has 5 unspecified atom stereocenters. The Kier molecular flexibility index (Phi) is 2.98. The van der Waals surface area contributed by atoms with Crippen molar-refractivity contribution in [1.29, 1.82) is 0 Å². The molecule has 1 saturated carbocycles. The number of cyclic esters (lactones) is 1. The van der Waals surface area contributed by atoms with E-state index >= 15 is 0 Å². The molecule has 0 aromatic carbocycles. The molecule has 0 bridgehead atoms. The number of esters is 1. The summed E-state index contributed by atoms with van der Waals surface area (Å²) in [4.78, 5) is 12.1. The largest absolute Gasteiger partial charge is 0.472 e. The highest BCUT2D eigenvalue weighted by Crippen LogP contribution is 2.64. The normalized spacial score (nSPS) is 44.8. The number of furan rings is 1. The molecule has 2 fully saturated rings. The predicted octanol–water partition coefficient (Wildman–Crippen LogP) is 3.07. The first-order valence-electron chi connectivity index (χ1n) is 7.28. The van der Waals surface area contributed by atoms with Gasteiger partial charge in [0.15, 0.2) is 0 Å². The Morgan fingerprint density at radius 2 is 2.10 bits per heavy atom.